The van der Waals surface area contributed by atoms with E-state index in [9.17, 15) is 4.79 Å². The molecule has 0 aliphatic carbocycles. The maximum absolute atomic E-state index is 12.6. The SMILES string of the molecule is O=C(NC1CN2CCC1CC2)c1cccc(-c2ccsc2)c1. The Kier molecular flexibility index (Phi) is 3.72. The quantitative estimate of drug-likeness (QED) is 0.943. The molecule has 1 unspecified atom stereocenters. The summed E-state index contributed by atoms with van der Waals surface area (Å²) < 4.78 is 0. The second kappa shape index (κ2) is 5.86. The zero-order chi connectivity index (χ0) is 14.9. The molecule has 5 rings (SSSR count). The van der Waals surface area contributed by atoms with Crippen LogP contribution in [0.25, 0.3) is 11.1 Å². The van der Waals surface area contributed by atoms with E-state index in [0.717, 1.165) is 17.7 Å². The molecular weight excluding hydrogens is 292 g/mol. The largest absolute Gasteiger partial charge is 0.348 e. The molecule has 3 fully saturated rings. The number of hydrogen-bond donors (Lipinski definition) is 1. The van der Waals surface area contributed by atoms with Crippen molar-refractivity contribution in [1.82, 2.24) is 10.2 Å². The van der Waals surface area contributed by atoms with Crippen molar-refractivity contribution in [3.05, 3.63) is 46.7 Å². The highest BCUT2D eigenvalue weighted by atomic mass is 32.1. The van der Waals surface area contributed by atoms with Crippen LogP contribution < -0.4 is 5.32 Å². The van der Waals surface area contributed by atoms with Crippen LogP contribution in [0, 0.1) is 5.92 Å². The average Bonchev–Trinajstić information content (AvgIpc) is 3.11. The highest BCUT2D eigenvalue weighted by Crippen LogP contribution is 2.28. The summed E-state index contributed by atoms with van der Waals surface area (Å²) in [4.78, 5) is 15.0. The molecular formula is C18H20N2OS. The van der Waals surface area contributed by atoms with E-state index in [1.807, 2.05) is 18.2 Å². The molecule has 3 aliphatic heterocycles. The van der Waals surface area contributed by atoms with Gasteiger partial charge in [-0.3, -0.25) is 4.79 Å². The van der Waals surface area contributed by atoms with Gasteiger partial charge in [0.2, 0.25) is 0 Å². The Hall–Kier alpha value is -1.65. The van der Waals surface area contributed by atoms with Crippen LogP contribution >= 0.6 is 11.3 Å². The number of rotatable bonds is 3. The number of carbonyl (C=O) groups excluding carboxylic acids is 1. The second-order valence-corrected chi connectivity index (χ2v) is 7.09. The van der Waals surface area contributed by atoms with Crippen LogP contribution in [0.4, 0.5) is 0 Å². The van der Waals surface area contributed by atoms with E-state index in [2.05, 4.69) is 33.1 Å². The van der Waals surface area contributed by atoms with E-state index in [1.165, 1.54) is 31.5 Å². The molecule has 1 N–H and O–H groups in total. The topological polar surface area (TPSA) is 32.3 Å². The lowest BCUT2D eigenvalue weighted by Gasteiger charge is -2.44. The number of benzene rings is 1. The fraction of sp³-hybridized carbons (Fsp3) is 0.389. The third kappa shape index (κ3) is 2.69. The van der Waals surface area contributed by atoms with E-state index in [0.29, 0.717) is 12.0 Å². The van der Waals surface area contributed by atoms with E-state index in [4.69, 9.17) is 0 Å². The minimum atomic E-state index is 0.0656. The Labute approximate surface area is 135 Å². The average molecular weight is 312 g/mol. The molecule has 3 saturated heterocycles. The number of amides is 1. The predicted molar refractivity (Wildman–Crippen MR) is 90.2 cm³/mol. The lowest BCUT2D eigenvalue weighted by atomic mass is 9.84. The zero-order valence-electron chi connectivity index (χ0n) is 12.5. The molecule has 114 valence electrons. The molecule has 1 aromatic carbocycles. The fourth-order valence-electron chi connectivity index (χ4n) is 3.65. The molecule has 4 heteroatoms. The van der Waals surface area contributed by atoms with Crippen molar-refractivity contribution in [2.24, 2.45) is 5.92 Å². The molecule has 3 nitrogen and oxygen atoms in total. The van der Waals surface area contributed by atoms with Crippen LogP contribution in [0.5, 0.6) is 0 Å². The van der Waals surface area contributed by atoms with Gasteiger partial charge in [0, 0.05) is 18.2 Å². The molecule has 22 heavy (non-hydrogen) atoms. The Morgan fingerprint density at radius 1 is 1.18 bits per heavy atom. The van der Waals surface area contributed by atoms with E-state index < -0.39 is 0 Å². The standard InChI is InChI=1S/C18H20N2OS/c21-18(19-17-11-20-7-4-13(17)5-8-20)15-3-1-2-14(10-15)16-6-9-22-12-16/h1-3,6,9-10,12-13,17H,4-5,7-8,11H2,(H,19,21). The van der Waals surface area contributed by atoms with Gasteiger partial charge in [-0.05, 0) is 71.9 Å². The van der Waals surface area contributed by atoms with Gasteiger partial charge in [0.25, 0.3) is 5.91 Å². The molecule has 1 amide bonds. The summed E-state index contributed by atoms with van der Waals surface area (Å²) in [5.74, 6) is 0.727. The summed E-state index contributed by atoms with van der Waals surface area (Å²) in [5, 5.41) is 7.44. The van der Waals surface area contributed by atoms with Gasteiger partial charge in [0.1, 0.15) is 0 Å². The maximum Gasteiger partial charge on any atom is 0.251 e. The van der Waals surface area contributed by atoms with Crippen LogP contribution in [0.1, 0.15) is 23.2 Å². The summed E-state index contributed by atoms with van der Waals surface area (Å²) >= 11 is 1.68. The van der Waals surface area contributed by atoms with Crippen LogP contribution in [0.3, 0.4) is 0 Å². The van der Waals surface area contributed by atoms with Gasteiger partial charge < -0.3 is 10.2 Å². The number of hydrogen-bond acceptors (Lipinski definition) is 3. The van der Waals surface area contributed by atoms with E-state index in [1.54, 1.807) is 11.3 Å². The molecule has 1 aromatic heterocycles. The lowest BCUT2D eigenvalue weighted by molar-refractivity contribution is 0.0620. The van der Waals surface area contributed by atoms with Gasteiger partial charge in [-0.15, -0.1) is 0 Å². The summed E-state index contributed by atoms with van der Waals surface area (Å²) in [7, 11) is 0. The van der Waals surface area contributed by atoms with Crippen molar-refractivity contribution < 1.29 is 4.79 Å². The van der Waals surface area contributed by atoms with Crippen molar-refractivity contribution >= 4 is 17.2 Å². The number of carbonyl (C=O) groups is 1. The molecule has 1 atom stereocenters. The highest BCUT2D eigenvalue weighted by Gasteiger charge is 2.34. The zero-order valence-corrected chi connectivity index (χ0v) is 13.3. The van der Waals surface area contributed by atoms with Gasteiger partial charge in [0.15, 0.2) is 0 Å². The van der Waals surface area contributed by atoms with Crippen LogP contribution in [0.2, 0.25) is 0 Å². The molecule has 4 heterocycles. The predicted octanol–water partition coefficient (Wildman–Crippen LogP) is 3.24. The molecule has 0 spiro atoms. The monoisotopic (exact) mass is 312 g/mol. The minimum absolute atomic E-state index is 0.0656. The summed E-state index contributed by atoms with van der Waals surface area (Å²) in [6.07, 6.45) is 2.44. The van der Waals surface area contributed by atoms with Crippen molar-refractivity contribution in [2.75, 3.05) is 19.6 Å². The summed E-state index contributed by atoms with van der Waals surface area (Å²) in [6, 6.07) is 10.4. The van der Waals surface area contributed by atoms with Gasteiger partial charge >= 0.3 is 0 Å². The van der Waals surface area contributed by atoms with Crippen molar-refractivity contribution in [3.8, 4) is 11.1 Å². The van der Waals surface area contributed by atoms with E-state index in [-0.39, 0.29) is 5.91 Å². The molecule has 3 aliphatic rings. The number of thiophene rings is 1. The van der Waals surface area contributed by atoms with Gasteiger partial charge in [-0.2, -0.15) is 11.3 Å². The lowest BCUT2D eigenvalue weighted by Crippen LogP contribution is -2.57. The van der Waals surface area contributed by atoms with Crippen LogP contribution in [-0.4, -0.2) is 36.5 Å². The van der Waals surface area contributed by atoms with Crippen LogP contribution in [0.15, 0.2) is 41.1 Å². The second-order valence-electron chi connectivity index (χ2n) is 6.31. The van der Waals surface area contributed by atoms with Gasteiger partial charge in [-0.1, -0.05) is 12.1 Å². The van der Waals surface area contributed by atoms with Crippen molar-refractivity contribution in [2.45, 2.75) is 18.9 Å². The maximum atomic E-state index is 12.6. The third-order valence-electron chi connectivity index (χ3n) is 4.95. The first-order valence-corrected chi connectivity index (χ1v) is 8.90. The minimum Gasteiger partial charge on any atom is -0.348 e. The Bertz CT molecular complexity index is 659. The number of nitrogens with zero attached hydrogens (tertiary/aromatic N) is 1. The van der Waals surface area contributed by atoms with E-state index >= 15 is 0 Å². The number of nitrogens with one attached hydrogen (secondary N) is 1. The first kappa shape index (κ1) is 14.0. The van der Waals surface area contributed by atoms with Crippen molar-refractivity contribution in [3.63, 3.8) is 0 Å². The number of fused-ring (bicyclic) bond motifs is 3. The van der Waals surface area contributed by atoms with Crippen molar-refractivity contribution in [1.29, 1.82) is 0 Å². The Morgan fingerprint density at radius 3 is 2.73 bits per heavy atom. The summed E-state index contributed by atoms with van der Waals surface area (Å²) in [6.45, 7) is 3.41. The molecule has 2 bridgehead atoms. The number of piperidine rings is 3. The highest BCUT2D eigenvalue weighted by molar-refractivity contribution is 7.08. The normalized spacial score (nSPS) is 26.8. The molecule has 2 aromatic rings. The third-order valence-corrected chi connectivity index (χ3v) is 5.64. The fourth-order valence-corrected chi connectivity index (χ4v) is 4.31. The summed E-state index contributed by atoms with van der Waals surface area (Å²) in [5.41, 5.74) is 3.06. The Morgan fingerprint density at radius 2 is 2.05 bits per heavy atom. The van der Waals surface area contributed by atoms with Crippen LogP contribution in [-0.2, 0) is 0 Å². The van der Waals surface area contributed by atoms with Gasteiger partial charge in [0.05, 0.1) is 0 Å². The molecule has 0 radical (unpaired) electrons. The first-order valence-electron chi connectivity index (χ1n) is 7.95. The van der Waals surface area contributed by atoms with Gasteiger partial charge in [-0.25, -0.2) is 0 Å². The molecule has 0 saturated carbocycles. The first-order chi connectivity index (χ1) is 10.8. The Balaban J connectivity index is 1.50. The smallest absolute Gasteiger partial charge is 0.251 e.